The van der Waals surface area contributed by atoms with E-state index in [0.29, 0.717) is 37.1 Å². The Morgan fingerprint density at radius 2 is 2.09 bits per heavy atom. The van der Waals surface area contributed by atoms with Crippen LogP contribution < -0.4 is 21.3 Å². The lowest BCUT2D eigenvalue weighted by Gasteiger charge is -2.39. The molecule has 5 N–H and O–H groups in total. The van der Waals surface area contributed by atoms with E-state index in [2.05, 4.69) is 38.7 Å². The molecule has 3 aromatic rings. The fourth-order valence-electron chi connectivity index (χ4n) is 6.02. The van der Waals surface area contributed by atoms with Gasteiger partial charge in [-0.1, -0.05) is 12.1 Å². The summed E-state index contributed by atoms with van der Waals surface area (Å²) in [5.74, 6) is 0.730. The molecule has 1 unspecified atom stereocenters. The number of hydrogen-bond donors (Lipinski definition) is 4. The number of primary amides is 1. The number of nitrogens with one attached hydrogen (secondary N) is 3. The number of fused-ring (bicyclic) bond motifs is 3. The molecule has 5 heterocycles. The van der Waals surface area contributed by atoms with Gasteiger partial charge in [0.15, 0.2) is 0 Å². The second kappa shape index (κ2) is 7.72. The second-order valence-electron chi connectivity index (χ2n) is 9.89. The van der Waals surface area contributed by atoms with Crippen molar-refractivity contribution in [2.45, 2.75) is 38.0 Å². The summed E-state index contributed by atoms with van der Waals surface area (Å²) in [6, 6.07) is 6.27. The maximum absolute atomic E-state index is 12.7. The van der Waals surface area contributed by atoms with Crippen molar-refractivity contribution in [2.75, 3.05) is 31.1 Å². The molecular formula is C25H28N6O3. The summed E-state index contributed by atoms with van der Waals surface area (Å²) in [5, 5.41) is 7.79. The summed E-state index contributed by atoms with van der Waals surface area (Å²) in [4.78, 5) is 46.8. The van der Waals surface area contributed by atoms with Crippen LogP contribution in [0.4, 0.5) is 5.82 Å². The Hall–Kier alpha value is -3.62. The van der Waals surface area contributed by atoms with Crippen LogP contribution in [0.3, 0.4) is 0 Å². The lowest BCUT2D eigenvalue weighted by atomic mass is 9.78. The quantitative estimate of drug-likeness (QED) is 0.474. The maximum atomic E-state index is 12.7. The molecule has 3 amide bonds. The number of anilines is 1. The van der Waals surface area contributed by atoms with Crippen LogP contribution in [0.1, 0.15) is 53.9 Å². The van der Waals surface area contributed by atoms with Gasteiger partial charge in [-0.05, 0) is 37.3 Å². The van der Waals surface area contributed by atoms with Crippen molar-refractivity contribution in [3.8, 4) is 0 Å². The minimum Gasteiger partial charge on any atom is -0.365 e. The molecule has 0 saturated carbocycles. The van der Waals surface area contributed by atoms with Crippen molar-refractivity contribution < 1.29 is 14.4 Å². The van der Waals surface area contributed by atoms with Crippen molar-refractivity contribution in [1.82, 2.24) is 20.6 Å². The smallest absolute Gasteiger partial charge is 0.252 e. The highest BCUT2D eigenvalue weighted by Gasteiger charge is 2.45. The second-order valence-corrected chi connectivity index (χ2v) is 9.89. The van der Waals surface area contributed by atoms with Crippen LogP contribution in [0, 0.1) is 5.41 Å². The molecule has 1 spiro atoms. The summed E-state index contributed by atoms with van der Waals surface area (Å²) in [7, 11) is 0. The molecule has 0 radical (unpaired) electrons. The first-order valence-electron chi connectivity index (χ1n) is 12.0. The highest BCUT2D eigenvalue weighted by atomic mass is 16.2. The Morgan fingerprint density at radius 1 is 1.21 bits per heavy atom. The van der Waals surface area contributed by atoms with Crippen molar-refractivity contribution in [3.63, 3.8) is 0 Å². The van der Waals surface area contributed by atoms with E-state index in [1.165, 1.54) is 0 Å². The molecule has 9 heteroatoms. The molecule has 3 saturated heterocycles. The highest BCUT2D eigenvalue weighted by Crippen LogP contribution is 2.41. The summed E-state index contributed by atoms with van der Waals surface area (Å²) in [5.41, 5.74) is 8.41. The molecule has 2 atom stereocenters. The van der Waals surface area contributed by atoms with Gasteiger partial charge in [0.2, 0.25) is 11.8 Å². The van der Waals surface area contributed by atoms with E-state index in [1.807, 2.05) is 0 Å². The number of aromatic amines is 1. The van der Waals surface area contributed by atoms with Crippen LogP contribution in [0.15, 0.2) is 24.4 Å². The Balaban J connectivity index is 1.46. The van der Waals surface area contributed by atoms with E-state index in [4.69, 9.17) is 10.7 Å². The predicted molar refractivity (Wildman–Crippen MR) is 129 cm³/mol. The fourth-order valence-corrected chi connectivity index (χ4v) is 6.02. The fraction of sp³-hybridized carbons (Fsp3) is 0.440. The summed E-state index contributed by atoms with van der Waals surface area (Å²) < 4.78 is 0. The molecular weight excluding hydrogens is 432 g/mol. The molecule has 0 bridgehead atoms. The Bertz CT molecular complexity index is 1340. The van der Waals surface area contributed by atoms with Crippen molar-refractivity contribution in [2.24, 2.45) is 11.1 Å². The standard InChI is InChI=1S/C25H28N6O3/c26-22(33)17-12-29-23(31-9-1-6-25(13-31)7-8-27-24(25)34)20-16-4-2-14(10-18(16)30-21(17)20)15-3-5-19(32)28-11-15/h2,4,10,12,15,30H,1,3,5-9,11,13H2,(H2,26,33)(H,27,34)(H,28,32)/t15?,25-/m1/s1. The molecule has 176 valence electrons. The van der Waals surface area contributed by atoms with Gasteiger partial charge in [-0.25, -0.2) is 4.98 Å². The molecule has 6 rings (SSSR count). The third kappa shape index (κ3) is 3.21. The average molecular weight is 461 g/mol. The number of piperidine rings is 2. The van der Waals surface area contributed by atoms with Gasteiger partial charge in [-0.2, -0.15) is 0 Å². The zero-order valence-corrected chi connectivity index (χ0v) is 18.9. The van der Waals surface area contributed by atoms with E-state index in [0.717, 1.165) is 59.9 Å². The number of H-pyrrole nitrogens is 1. The van der Waals surface area contributed by atoms with Crippen molar-refractivity contribution in [1.29, 1.82) is 0 Å². The zero-order chi connectivity index (χ0) is 23.4. The largest absolute Gasteiger partial charge is 0.365 e. The van der Waals surface area contributed by atoms with Crippen molar-refractivity contribution in [3.05, 3.63) is 35.5 Å². The molecule has 1 aromatic carbocycles. The maximum Gasteiger partial charge on any atom is 0.252 e. The molecule has 2 aromatic heterocycles. The number of benzene rings is 1. The first-order chi connectivity index (χ1) is 16.4. The number of nitrogens with two attached hydrogens (primary N) is 1. The molecule has 9 nitrogen and oxygen atoms in total. The van der Waals surface area contributed by atoms with E-state index >= 15 is 0 Å². The highest BCUT2D eigenvalue weighted by molar-refractivity contribution is 6.18. The van der Waals surface area contributed by atoms with Crippen LogP contribution in [-0.4, -0.2) is 53.9 Å². The van der Waals surface area contributed by atoms with Crippen LogP contribution in [0.25, 0.3) is 21.8 Å². The number of nitrogens with zero attached hydrogens (tertiary/aromatic N) is 2. The minimum atomic E-state index is -0.531. The lowest BCUT2D eigenvalue weighted by molar-refractivity contribution is -0.128. The Kier molecular flexibility index (Phi) is 4.75. The zero-order valence-electron chi connectivity index (χ0n) is 18.9. The molecule has 3 aliphatic rings. The average Bonchev–Trinajstić information content (AvgIpc) is 3.38. The summed E-state index contributed by atoms with van der Waals surface area (Å²) in [6.45, 7) is 2.76. The summed E-state index contributed by atoms with van der Waals surface area (Å²) >= 11 is 0. The van der Waals surface area contributed by atoms with Crippen LogP contribution >= 0.6 is 0 Å². The van der Waals surface area contributed by atoms with Gasteiger partial charge in [0.25, 0.3) is 5.91 Å². The SMILES string of the molecule is NC(=O)c1cnc(N2CCC[C@@]3(CCNC3=O)C2)c2c1[nH]c1cc(C3CCC(=O)NC3)ccc12. The number of pyridine rings is 1. The van der Waals surface area contributed by atoms with Gasteiger partial charge in [-0.3, -0.25) is 14.4 Å². The minimum absolute atomic E-state index is 0.0972. The number of aromatic nitrogens is 2. The third-order valence-electron chi connectivity index (χ3n) is 7.88. The van der Waals surface area contributed by atoms with E-state index in [9.17, 15) is 14.4 Å². The lowest BCUT2D eigenvalue weighted by Crippen LogP contribution is -2.47. The van der Waals surface area contributed by atoms with Gasteiger partial charge in [-0.15, -0.1) is 0 Å². The van der Waals surface area contributed by atoms with Crippen LogP contribution in [0.2, 0.25) is 0 Å². The monoisotopic (exact) mass is 460 g/mol. The normalized spacial score (nSPS) is 25.2. The van der Waals surface area contributed by atoms with Gasteiger partial charge in [0, 0.05) is 55.6 Å². The number of carbonyl (C=O) groups is 3. The van der Waals surface area contributed by atoms with Crippen molar-refractivity contribution >= 4 is 45.3 Å². The summed E-state index contributed by atoms with van der Waals surface area (Å²) in [6.07, 6.45) is 5.51. The topological polar surface area (TPSA) is 133 Å². The molecule has 3 fully saturated rings. The first kappa shape index (κ1) is 20.9. The van der Waals surface area contributed by atoms with E-state index in [-0.39, 0.29) is 23.1 Å². The van der Waals surface area contributed by atoms with Crippen LogP contribution in [0.5, 0.6) is 0 Å². The van der Waals surface area contributed by atoms with E-state index in [1.54, 1.807) is 6.20 Å². The van der Waals surface area contributed by atoms with E-state index < -0.39 is 5.91 Å². The number of rotatable bonds is 3. The Morgan fingerprint density at radius 3 is 2.82 bits per heavy atom. The number of amides is 3. The third-order valence-corrected chi connectivity index (χ3v) is 7.88. The van der Waals surface area contributed by atoms with Gasteiger partial charge in [0.1, 0.15) is 5.82 Å². The molecule has 0 aliphatic carbocycles. The number of carbonyl (C=O) groups excluding carboxylic acids is 3. The Labute approximate surface area is 196 Å². The molecule has 34 heavy (non-hydrogen) atoms. The first-order valence-corrected chi connectivity index (χ1v) is 12.0. The van der Waals surface area contributed by atoms with Gasteiger partial charge < -0.3 is 26.3 Å². The van der Waals surface area contributed by atoms with Gasteiger partial charge in [0.05, 0.1) is 21.9 Å². The molecule has 3 aliphatic heterocycles. The van der Waals surface area contributed by atoms with Gasteiger partial charge >= 0.3 is 0 Å². The predicted octanol–water partition coefficient (Wildman–Crippen LogP) is 1.92. The van der Waals surface area contributed by atoms with Crippen LogP contribution in [-0.2, 0) is 9.59 Å². The number of hydrogen-bond acceptors (Lipinski definition) is 5.